The van der Waals surface area contributed by atoms with Crippen LogP contribution in [0.1, 0.15) is 22.8 Å². The highest BCUT2D eigenvalue weighted by atomic mass is 16.5. The number of benzene rings is 1. The van der Waals surface area contributed by atoms with E-state index in [1.807, 2.05) is 0 Å². The van der Waals surface area contributed by atoms with E-state index in [1.165, 1.54) is 14.2 Å². The van der Waals surface area contributed by atoms with Crippen molar-refractivity contribution < 1.29 is 23.9 Å². The molecule has 114 valence electrons. The predicted octanol–water partition coefficient (Wildman–Crippen LogP) is 1.43. The fourth-order valence-corrected chi connectivity index (χ4v) is 2.12. The quantitative estimate of drug-likeness (QED) is 0.674. The lowest BCUT2D eigenvalue weighted by atomic mass is 10.0. The fourth-order valence-electron chi connectivity index (χ4n) is 2.12. The Bertz CT molecular complexity index is 698. The Morgan fingerprint density at radius 1 is 1.05 bits per heavy atom. The van der Waals surface area contributed by atoms with Gasteiger partial charge in [0.05, 0.1) is 30.9 Å². The molecule has 1 N–H and O–H groups in total. The highest BCUT2D eigenvalue weighted by Gasteiger charge is 2.30. The number of nitrogens with one attached hydrogen (secondary N) is 1. The summed E-state index contributed by atoms with van der Waals surface area (Å²) in [5.74, 6) is -1.38. The first kappa shape index (κ1) is 15.5. The standard InChI is InChI=1S/C16H15NO5/c1-9-13(16(20)22-3)12(14(18)17-9)8-10-4-6-11(7-5-10)15(19)21-2/h4-8H,1-3H3,(H,17,18). The van der Waals surface area contributed by atoms with Gasteiger partial charge in [-0.05, 0) is 30.7 Å². The first-order valence-corrected chi connectivity index (χ1v) is 6.49. The number of amides is 1. The van der Waals surface area contributed by atoms with Gasteiger partial charge in [0.2, 0.25) is 0 Å². The zero-order valence-electron chi connectivity index (χ0n) is 12.4. The molecule has 22 heavy (non-hydrogen) atoms. The van der Waals surface area contributed by atoms with Gasteiger partial charge >= 0.3 is 11.9 Å². The second kappa shape index (κ2) is 6.26. The molecule has 1 aliphatic heterocycles. The van der Waals surface area contributed by atoms with Gasteiger partial charge in [-0.3, -0.25) is 4.79 Å². The van der Waals surface area contributed by atoms with Crippen LogP contribution in [0.2, 0.25) is 0 Å². The van der Waals surface area contributed by atoms with Gasteiger partial charge in [0.15, 0.2) is 0 Å². The maximum atomic E-state index is 11.9. The summed E-state index contributed by atoms with van der Waals surface area (Å²) in [6.45, 7) is 1.63. The lowest BCUT2D eigenvalue weighted by Crippen LogP contribution is -2.15. The minimum atomic E-state index is -0.576. The Kier molecular flexibility index (Phi) is 4.41. The van der Waals surface area contributed by atoms with Crippen molar-refractivity contribution in [1.82, 2.24) is 5.32 Å². The van der Waals surface area contributed by atoms with Crippen molar-refractivity contribution in [1.29, 1.82) is 0 Å². The van der Waals surface area contributed by atoms with E-state index in [4.69, 9.17) is 4.74 Å². The topological polar surface area (TPSA) is 81.7 Å². The number of ether oxygens (including phenoxy) is 2. The highest BCUT2D eigenvalue weighted by Crippen LogP contribution is 2.24. The number of carbonyl (C=O) groups excluding carboxylic acids is 3. The third kappa shape index (κ3) is 2.90. The molecular formula is C16H15NO5. The largest absolute Gasteiger partial charge is 0.465 e. The van der Waals surface area contributed by atoms with Gasteiger partial charge in [-0.15, -0.1) is 0 Å². The van der Waals surface area contributed by atoms with Crippen molar-refractivity contribution in [3.63, 3.8) is 0 Å². The molecule has 2 rings (SSSR count). The Balaban J connectivity index is 2.37. The van der Waals surface area contributed by atoms with Crippen LogP contribution in [-0.2, 0) is 19.1 Å². The van der Waals surface area contributed by atoms with Crippen LogP contribution in [0.4, 0.5) is 0 Å². The molecule has 0 atom stereocenters. The minimum absolute atomic E-state index is 0.213. The van der Waals surface area contributed by atoms with Gasteiger partial charge in [0.1, 0.15) is 0 Å². The average Bonchev–Trinajstić information content (AvgIpc) is 2.80. The summed E-state index contributed by atoms with van der Waals surface area (Å²) in [5, 5.41) is 2.59. The summed E-state index contributed by atoms with van der Waals surface area (Å²) in [5.41, 5.74) is 1.98. The molecule has 1 aromatic carbocycles. The molecular weight excluding hydrogens is 286 g/mol. The van der Waals surface area contributed by atoms with E-state index in [0.29, 0.717) is 16.8 Å². The van der Waals surface area contributed by atoms with Gasteiger partial charge in [-0.25, -0.2) is 9.59 Å². The van der Waals surface area contributed by atoms with Crippen molar-refractivity contribution >= 4 is 23.9 Å². The lowest BCUT2D eigenvalue weighted by molar-refractivity contribution is -0.136. The number of esters is 2. The molecule has 1 aliphatic rings. The Morgan fingerprint density at radius 2 is 1.64 bits per heavy atom. The van der Waals surface area contributed by atoms with Crippen molar-refractivity contribution in [2.24, 2.45) is 0 Å². The molecule has 0 spiro atoms. The second-order valence-corrected chi connectivity index (χ2v) is 4.62. The number of allylic oxidation sites excluding steroid dienone is 1. The summed E-state index contributed by atoms with van der Waals surface area (Å²) in [6.07, 6.45) is 1.57. The van der Waals surface area contributed by atoms with Crippen LogP contribution in [0.5, 0.6) is 0 Å². The number of rotatable bonds is 3. The van der Waals surface area contributed by atoms with E-state index in [-0.39, 0.29) is 17.1 Å². The molecule has 1 aromatic rings. The molecule has 0 aromatic heterocycles. The molecule has 6 nitrogen and oxygen atoms in total. The molecule has 1 amide bonds. The third-order valence-corrected chi connectivity index (χ3v) is 3.22. The monoisotopic (exact) mass is 301 g/mol. The molecule has 0 aliphatic carbocycles. The molecule has 1 heterocycles. The average molecular weight is 301 g/mol. The van der Waals surface area contributed by atoms with Crippen LogP contribution in [0.25, 0.3) is 6.08 Å². The van der Waals surface area contributed by atoms with E-state index in [2.05, 4.69) is 10.1 Å². The second-order valence-electron chi connectivity index (χ2n) is 4.62. The van der Waals surface area contributed by atoms with E-state index in [9.17, 15) is 14.4 Å². The Labute approximate surface area is 127 Å². The number of hydrogen-bond donors (Lipinski definition) is 1. The molecule has 0 saturated carbocycles. The SMILES string of the molecule is COC(=O)C1=C(C)NC(=O)C1=Cc1ccc(C(=O)OC)cc1. The van der Waals surface area contributed by atoms with Crippen LogP contribution in [0.15, 0.2) is 41.1 Å². The van der Waals surface area contributed by atoms with E-state index >= 15 is 0 Å². The van der Waals surface area contributed by atoms with Crippen LogP contribution in [0.3, 0.4) is 0 Å². The Morgan fingerprint density at radius 3 is 2.18 bits per heavy atom. The summed E-state index contributed by atoms with van der Waals surface area (Å²) in [7, 11) is 2.56. The smallest absolute Gasteiger partial charge is 0.340 e. The zero-order valence-corrected chi connectivity index (χ0v) is 12.4. The van der Waals surface area contributed by atoms with Crippen molar-refractivity contribution in [3.8, 4) is 0 Å². The fraction of sp³-hybridized carbons (Fsp3) is 0.188. The molecule has 0 radical (unpaired) electrons. The summed E-state index contributed by atoms with van der Waals surface area (Å²) >= 11 is 0. The van der Waals surface area contributed by atoms with Gasteiger partial charge in [0, 0.05) is 5.70 Å². The van der Waals surface area contributed by atoms with Crippen LogP contribution in [-0.4, -0.2) is 32.1 Å². The summed E-state index contributed by atoms with van der Waals surface area (Å²) in [4.78, 5) is 35.1. The van der Waals surface area contributed by atoms with E-state index in [0.717, 1.165) is 0 Å². The van der Waals surface area contributed by atoms with Gasteiger partial charge in [-0.1, -0.05) is 12.1 Å². The Hall–Kier alpha value is -2.89. The van der Waals surface area contributed by atoms with Crippen LogP contribution < -0.4 is 5.32 Å². The van der Waals surface area contributed by atoms with Gasteiger partial charge in [-0.2, -0.15) is 0 Å². The molecule has 0 saturated heterocycles. The van der Waals surface area contributed by atoms with Crippen LogP contribution >= 0.6 is 0 Å². The zero-order chi connectivity index (χ0) is 16.3. The van der Waals surface area contributed by atoms with E-state index < -0.39 is 11.9 Å². The third-order valence-electron chi connectivity index (χ3n) is 3.22. The number of hydrogen-bond acceptors (Lipinski definition) is 5. The lowest BCUT2D eigenvalue weighted by Gasteiger charge is -2.03. The minimum Gasteiger partial charge on any atom is -0.465 e. The van der Waals surface area contributed by atoms with Gasteiger partial charge < -0.3 is 14.8 Å². The molecule has 0 fully saturated rings. The van der Waals surface area contributed by atoms with Gasteiger partial charge in [0.25, 0.3) is 5.91 Å². The molecule has 6 heteroatoms. The number of methoxy groups -OCH3 is 2. The first-order chi connectivity index (χ1) is 10.5. The van der Waals surface area contributed by atoms with Crippen LogP contribution in [0, 0.1) is 0 Å². The van der Waals surface area contributed by atoms with E-state index in [1.54, 1.807) is 37.3 Å². The van der Waals surface area contributed by atoms with Crippen molar-refractivity contribution in [3.05, 3.63) is 52.2 Å². The first-order valence-electron chi connectivity index (χ1n) is 6.49. The van der Waals surface area contributed by atoms with Crippen molar-refractivity contribution in [2.45, 2.75) is 6.92 Å². The maximum absolute atomic E-state index is 11.9. The molecule has 0 bridgehead atoms. The normalized spacial score (nSPS) is 15.8. The number of carbonyl (C=O) groups is 3. The summed E-state index contributed by atoms with van der Waals surface area (Å²) < 4.78 is 9.31. The van der Waals surface area contributed by atoms with Crippen molar-refractivity contribution in [2.75, 3.05) is 14.2 Å². The highest BCUT2D eigenvalue weighted by molar-refractivity contribution is 6.16. The predicted molar refractivity (Wildman–Crippen MR) is 78.6 cm³/mol. The summed E-state index contributed by atoms with van der Waals surface area (Å²) in [6, 6.07) is 6.49. The molecule has 0 unspecified atom stereocenters. The maximum Gasteiger partial charge on any atom is 0.340 e.